The van der Waals surface area contributed by atoms with E-state index in [1.54, 1.807) is 24.6 Å². The van der Waals surface area contributed by atoms with Gasteiger partial charge in [-0.25, -0.2) is 9.97 Å². The van der Waals surface area contributed by atoms with E-state index in [9.17, 15) is 0 Å². The first kappa shape index (κ1) is 22.3. The molecule has 0 aliphatic carbocycles. The van der Waals surface area contributed by atoms with E-state index in [-0.39, 0.29) is 0 Å². The monoisotopic (exact) mass is 487 g/mol. The van der Waals surface area contributed by atoms with Crippen molar-refractivity contribution in [2.45, 2.75) is 19.4 Å². The maximum absolute atomic E-state index is 5.55. The van der Waals surface area contributed by atoms with Crippen LogP contribution >= 0.6 is 11.3 Å². The van der Waals surface area contributed by atoms with E-state index in [0.717, 1.165) is 84.4 Å². The fourth-order valence-corrected chi connectivity index (χ4v) is 5.73. The van der Waals surface area contributed by atoms with Gasteiger partial charge in [-0.1, -0.05) is 0 Å². The quantitative estimate of drug-likeness (QED) is 0.296. The molecule has 180 valence electrons. The molecular formula is C27H29N5O2S. The van der Waals surface area contributed by atoms with Crippen molar-refractivity contribution >= 4 is 33.3 Å². The first-order chi connectivity index (χ1) is 17.3. The molecule has 1 aliphatic heterocycles. The van der Waals surface area contributed by atoms with Crippen molar-refractivity contribution in [3.8, 4) is 27.6 Å². The van der Waals surface area contributed by atoms with Gasteiger partial charge in [-0.15, -0.1) is 11.3 Å². The highest BCUT2D eigenvalue weighted by atomic mass is 32.1. The minimum Gasteiger partial charge on any atom is -0.497 e. The average Bonchev–Trinajstić information content (AvgIpc) is 3.63. The van der Waals surface area contributed by atoms with Crippen LogP contribution in [0.1, 0.15) is 12.8 Å². The zero-order valence-corrected chi connectivity index (χ0v) is 20.7. The van der Waals surface area contributed by atoms with Crippen molar-refractivity contribution in [1.82, 2.24) is 24.4 Å². The van der Waals surface area contributed by atoms with Gasteiger partial charge in [0.2, 0.25) is 0 Å². The van der Waals surface area contributed by atoms with E-state index in [4.69, 9.17) is 14.5 Å². The Hall–Kier alpha value is -3.20. The smallest absolute Gasteiger partial charge is 0.137 e. The lowest BCUT2D eigenvalue weighted by Gasteiger charge is -2.26. The molecule has 5 aromatic rings. The number of H-pyrrole nitrogens is 1. The van der Waals surface area contributed by atoms with Gasteiger partial charge in [0.05, 0.1) is 26.0 Å². The third-order valence-electron chi connectivity index (χ3n) is 6.78. The Morgan fingerprint density at radius 1 is 1.09 bits per heavy atom. The van der Waals surface area contributed by atoms with E-state index in [1.807, 2.05) is 18.3 Å². The lowest BCUT2D eigenvalue weighted by Crippen LogP contribution is -2.36. The molecule has 6 rings (SSSR count). The third kappa shape index (κ3) is 4.45. The lowest BCUT2D eigenvalue weighted by atomic mass is 10.1. The van der Waals surface area contributed by atoms with Gasteiger partial charge in [0.15, 0.2) is 0 Å². The summed E-state index contributed by atoms with van der Waals surface area (Å²) in [5.41, 5.74) is 5.32. The van der Waals surface area contributed by atoms with Gasteiger partial charge in [-0.2, -0.15) is 0 Å². The molecule has 0 saturated carbocycles. The van der Waals surface area contributed by atoms with Gasteiger partial charge in [0, 0.05) is 71.0 Å². The molecule has 4 aromatic heterocycles. The van der Waals surface area contributed by atoms with Crippen molar-refractivity contribution in [2.24, 2.45) is 0 Å². The number of benzene rings is 1. The summed E-state index contributed by atoms with van der Waals surface area (Å²) in [6, 6.07) is 10.4. The number of aromatic nitrogens is 4. The number of hydrogen-bond acceptors (Lipinski definition) is 6. The van der Waals surface area contributed by atoms with E-state index in [2.05, 4.69) is 49.2 Å². The molecule has 1 N–H and O–H groups in total. The summed E-state index contributed by atoms with van der Waals surface area (Å²) in [7, 11) is 1.72. The van der Waals surface area contributed by atoms with E-state index in [1.165, 1.54) is 17.3 Å². The highest BCUT2D eigenvalue weighted by Crippen LogP contribution is 2.37. The number of aryl methyl sites for hydroxylation is 1. The number of aromatic amines is 1. The minimum atomic E-state index is 0.859. The summed E-state index contributed by atoms with van der Waals surface area (Å²) < 4.78 is 13.4. The van der Waals surface area contributed by atoms with E-state index in [0.29, 0.717) is 0 Å². The summed E-state index contributed by atoms with van der Waals surface area (Å²) in [6.45, 7) is 5.94. The number of hydrogen-bond donors (Lipinski definition) is 1. The molecule has 0 unspecified atom stereocenters. The summed E-state index contributed by atoms with van der Waals surface area (Å²) in [6.07, 6.45) is 8.38. The molecule has 0 radical (unpaired) electrons. The summed E-state index contributed by atoms with van der Waals surface area (Å²) in [5.74, 6) is 0.864. The van der Waals surface area contributed by atoms with Crippen LogP contribution in [0, 0.1) is 0 Å². The van der Waals surface area contributed by atoms with Gasteiger partial charge in [0.1, 0.15) is 16.4 Å². The SMILES string of the molecule is COc1ccc2c(c1)c(-c1nc(-c3c[nH]c4ncccc34)cs1)cn2CCCCN1CCOCC1. The molecule has 0 atom stereocenters. The number of nitrogens with one attached hydrogen (secondary N) is 1. The molecule has 0 spiro atoms. The van der Waals surface area contributed by atoms with Crippen LogP contribution in [0.15, 0.2) is 54.3 Å². The summed E-state index contributed by atoms with van der Waals surface area (Å²) >= 11 is 1.68. The van der Waals surface area contributed by atoms with Crippen LogP contribution in [0.4, 0.5) is 0 Å². The number of ether oxygens (including phenoxy) is 2. The van der Waals surface area contributed by atoms with Gasteiger partial charge in [-0.05, 0) is 49.7 Å². The fraction of sp³-hybridized carbons (Fsp3) is 0.333. The van der Waals surface area contributed by atoms with Crippen LogP contribution < -0.4 is 4.74 Å². The van der Waals surface area contributed by atoms with Crippen LogP contribution in [0.5, 0.6) is 5.75 Å². The molecule has 1 saturated heterocycles. The predicted octanol–water partition coefficient (Wildman–Crippen LogP) is 5.43. The van der Waals surface area contributed by atoms with Crippen molar-refractivity contribution in [3.05, 3.63) is 54.3 Å². The largest absolute Gasteiger partial charge is 0.497 e. The molecule has 0 bridgehead atoms. The van der Waals surface area contributed by atoms with Crippen LogP contribution in [0.2, 0.25) is 0 Å². The van der Waals surface area contributed by atoms with Gasteiger partial charge in [-0.3, -0.25) is 4.90 Å². The first-order valence-corrected chi connectivity index (χ1v) is 13.0. The molecule has 8 heteroatoms. The van der Waals surface area contributed by atoms with Crippen molar-refractivity contribution in [3.63, 3.8) is 0 Å². The topological polar surface area (TPSA) is 68.2 Å². The molecule has 5 heterocycles. The molecule has 35 heavy (non-hydrogen) atoms. The van der Waals surface area contributed by atoms with E-state index >= 15 is 0 Å². The Kier molecular flexibility index (Phi) is 6.24. The Labute approximate surface area is 208 Å². The maximum atomic E-state index is 5.55. The second kappa shape index (κ2) is 9.81. The van der Waals surface area contributed by atoms with Crippen LogP contribution in [0.3, 0.4) is 0 Å². The van der Waals surface area contributed by atoms with Gasteiger partial charge in [0.25, 0.3) is 0 Å². The Balaban J connectivity index is 1.28. The third-order valence-corrected chi connectivity index (χ3v) is 7.65. The maximum Gasteiger partial charge on any atom is 0.137 e. The zero-order valence-electron chi connectivity index (χ0n) is 19.9. The number of morpholine rings is 1. The number of fused-ring (bicyclic) bond motifs is 2. The number of rotatable bonds is 8. The second-order valence-corrected chi connectivity index (χ2v) is 9.78. The summed E-state index contributed by atoms with van der Waals surface area (Å²) in [4.78, 5) is 15.2. The standard InChI is InChI=1S/C27H29N5O2S/c1-33-19-6-7-25-21(15-19)23(17-32(25)10-3-2-9-31-11-13-34-14-12-31)27-30-24(18-35-27)22-16-29-26-20(22)5-4-8-28-26/h4-8,15-18H,2-3,9-14H2,1H3,(H,28,29). The number of nitrogens with zero attached hydrogens (tertiary/aromatic N) is 4. The van der Waals surface area contributed by atoms with Crippen LogP contribution in [-0.4, -0.2) is 64.4 Å². The summed E-state index contributed by atoms with van der Waals surface area (Å²) in [5, 5.41) is 5.42. The lowest BCUT2D eigenvalue weighted by molar-refractivity contribution is 0.0371. The van der Waals surface area contributed by atoms with Gasteiger partial charge >= 0.3 is 0 Å². The minimum absolute atomic E-state index is 0.859. The first-order valence-electron chi connectivity index (χ1n) is 12.2. The number of thiazole rings is 1. The molecule has 1 aliphatic rings. The average molecular weight is 488 g/mol. The normalized spacial score (nSPS) is 14.8. The van der Waals surface area contributed by atoms with Crippen LogP contribution in [0.25, 0.3) is 43.8 Å². The predicted molar refractivity (Wildman–Crippen MR) is 141 cm³/mol. The Morgan fingerprint density at radius 3 is 2.86 bits per heavy atom. The number of pyridine rings is 1. The molecule has 7 nitrogen and oxygen atoms in total. The fourth-order valence-electron chi connectivity index (χ4n) is 4.89. The van der Waals surface area contributed by atoms with Crippen LogP contribution in [-0.2, 0) is 11.3 Å². The van der Waals surface area contributed by atoms with Gasteiger partial charge < -0.3 is 19.0 Å². The second-order valence-electron chi connectivity index (χ2n) is 8.92. The van der Waals surface area contributed by atoms with Crippen molar-refractivity contribution < 1.29 is 9.47 Å². The molecule has 0 amide bonds. The number of unbranched alkanes of at least 4 members (excludes halogenated alkanes) is 1. The highest BCUT2D eigenvalue weighted by molar-refractivity contribution is 7.13. The molecular weight excluding hydrogens is 458 g/mol. The van der Waals surface area contributed by atoms with Crippen molar-refractivity contribution in [1.29, 1.82) is 0 Å². The molecule has 1 fully saturated rings. The Morgan fingerprint density at radius 2 is 1.97 bits per heavy atom. The van der Waals surface area contributed by atoms with Crippen molar-refractivity contribution in [2.75, 3.05) is 40.0 Å². The Bertz CT molecular complexity index is 1450. The number of methoxy groups -OCH3 is 1. The molecule has 1 aromatic carbocycles. The highest BCUT2D eigenvalue weighted by Gasteiger charge is 2.17. The van der Waals surface area contributed by atoms with E-state index < -0.39 is 0 Å². The zero-order chi connectivity index (χ0) is 23.6.